The lowest BCUT2D eigenvalue weighted by molar-refractivity contribution is -0.0573. The lowest BCUT2D eigenvalue weighted by Gasteiger charge is -2.32. The van der Waals surface area contributed by atoms with E-state index >= 15 is 0 Å². The topological polar surface area (TPSA) is 36.9 Å². The van der Waals surface area contributed by atoms with Gasteiger partial charge < -0.3 is 17.7 Å². The predicted molar refractivity (Wildman–Crippen MR) is 144 cm³/mol. The van der Waals surface area contributed by atoms with Crippen LogP contribution in [0.1, 0.15) is 132 Å². The summed E-state index contributed by atoms with van der Waals surface area (Å²) in [5, 5.41) is 0. The highest BCUT2D eigenvalue weighted by molar-refractivity contribution is 6.53. The van der Waals surface area contributed by atoms with Crippen molar-refractivity contribution in [2.75, 3.05) is 26.4 Å². The fourth-order valence-electron chi connectivity index (χ4n) is 3.77. The van der Waals surface area contributed by atoms with Gasteiger partial charge in [0.05, 0.1) is 0 Å². The second-order valence-corrected chi connectivity index (χ2v) is 12.9. The van der Waals surface area contributed by atoms with Crippen LogP contribution in [-0.4, -0.2) is 35.5 Å². The Morgan fingerprint density at radius 2 is 0.636 bits per heavy atom. The van der Waals surface area contributed by atoms with Crippen LogP contribution in [0.5, 0.6) is 0 Å². The van der Waals surface area contributed by atoms with Crippen molar-refractivity contribution in [3.63, 3.8) is 0 Å². The van der Waals surface area contributed by atoms with Crippen molar-refractivity contribution in [1.29, 1.82) is 0 Å². The van der Waals surface area contributed by atoms with Gasteiger partial charge in [0.15, 0.2) is 0 Å². The highest BCUT2D eigenvalue weighted by Crippen LogP contribution is 2.22. The van der Waals surface area contributed by atoms with Crippen molar-refractivity contribution in [2.45, 2.75) is 132 Å². The van der Waals surface area contributed by atoms with E-state index in [2.05, 4.69) is 55.4 Å². The molecule has 0 aromatic heterocycles. The lowest BCUT2D eigenvalue weighted by Crippen LogP contribution is -2.52. The van der Waals surface area contributed by atoms with E-state index in [0.717, 1.165) is 0 Å². The summed E-state index contributed by atoms with van der Waals surface area (Å²) in [5.74, 6) is 1.95. The molecule has 0 radical (unpaired) electrons. The normalized spacial score (nSPS) is 17.5. The molecule has 0 N–H and O–H groups in total. The molecular weight excluding hydrogens is 428 g/mol. The molecule has 0 fully saturated rings. The minimum Gasteiger partial charge on any atom is -0.351 e. The Hall–Kier alpha value is 0.0569. The molecule has 0 saturated carbocycles. The van der Waals surface area contributed by atoms with E-state index in [1.807, 2.05) is 0 Å². The first kappa shape index (κ1) is 33.1. The van der Waals surface area contributed by atoms with E-state index in [4.69, 9.17) is 17.7 Å². The zero-order valence-corrected chi connectivity index (χ0v) is 24.8. The number of rotatable bonds is 24. The quantitative estimate of drug-likeness (QED) is 0.127. The van der Waals surface area contributed by atoms with Crippen LogP contribution in [-0.2, 0) is 17.7 Å². The van der Waals surface area contributed by atoms with Crippen LogP contribution < -0.4 is 0 Å². The molecule has 0 bridgehead atoms. The van der Waals surface area contributed by atoms with Crippen LogP contribution in [0.4, 0.5) is 0 Å². The maximum absolute atomic E-state index is 6.53. The Bertz CT molecular complexity index is 343. The van der Waals surface area contributed by atoms with E-state index in [-0.39, 0.29) is 0 Å². The van der Waals surface area contributed by atoms with Gasteiger partial charge in [0.1, 0.15) is 0 Å². The van der Waals surface area contributed by atoms with Crippen molar-refractivity contribution in [1.82, 2.24) is 0 Å². The van der Waals surface area contributed by atoms with Crippen molar-refractivity contribution in [3.05, 3.63) is 0 Å². The second kappa shape index (κ2) is 21.3. The molecule has 4 atom stereocenters. The highest BCUT2D eigenvalue weighted by atomic mass is 28.4. The summed E-state index contributed by atoms with van der Waals surface area (Å²) in [6.45, 7) is 20.7. The molecule has 0 rings (SSSR count). The fourth-order valence-corrected chi connectivity index (χ4v) is 6.23. The molecule has 0 aliphatic carbocycles. The Balaban J connectivity index is 5.33. The molecule has 0 heterocycles. The first-order valence-corrected chi connectivity index (χ1v) is 16.0. The molecule has 200 valence electrons. The second-order valence-electron chi connectivity index (χ2n) is 10.7. The van der Waals surface area contributed by atoms with Gasteiger partial charge >= 0.3 is 9.05 Å². The van der Waals surface area contributed by atoms with E-state index in [1.165, 1.54) is 77.0 Å². The van der Waals surface area contributed by atoms with E-state index in [9.17, 15) is 0 Å². The first-order valence-electron chi connectivity index (χ1n) is 14.4. The zero-order chi connectivity index (χ0) is 25.0. The smallest absolute Gasteiger partial charge is 0.351 e. The molecule has 5 heteroatoms. The molecule has 0 aliphatic heterocycles. The Kier molecular flexibility index (Phi) is 21.4. The van der Waals surface area contributed by atoms with E-state index in [0.29, 0.717) is 50.1 Å². The largest absolute Gasteiger partial charge is 0.679 e. The third kappa shape index (κ3) is 18.0. The molecular formula is C28H60O4Si. The van der Waals surface area contributed by atoms with Crippen molar-refractivity contribution >= 4 is 9.05 Å². The van der Waals surface area contributed by atoms with Gasteiger partial charge in [-0.1, -0.05) is 107 Å². The monoisotopic (exact) mass is 488 g/mol. The van der Waals surface area contributed by atoms with Gasteiger partial charge in [0.25, 0.3) is 0 Å². The third-order valence-corrected chi connectivity index (χ3v) is 8.46. The molecule has 0 saturated heterocycles. The predicted octanol–water partition coefficient (Wildman–Crippen LogP) is 8.79. The molecule has 4 nitrogen and oxygen atoms in total. The molecule has 0 spiro atoms. The van der Waals surface area contributed by atoms with Gasteiger partial charge in [-0.15, -0.1) is 0 Å². The van der Waals surface area contributed by atoms with Crippen LogP contribution in [0.25, 0.3) is 0 Å². The molecule has 33 heavy (non-hydrogen) atoms. The highest BCUT2D eigenvalue weighted by Gasteiger charge is 2.47. The molecule has 4 unspecified atom stereocenters. The minimum absolute atomic E-state index is 0.486. The van der Waals surface area contributed by atoms with E-state index in [1.54, 1.807) is 0 Å². The number of hydrogen-bond donors (Lipinski definition) is 0. The lowest BCUT2D eigenvalue weighted by atomic mass is 10.1. The van der Waals surface area contributed by atoms with Crippen molar-refractivity contribution in [3.8, 4) is 0 Å². The van der Waals surface area contributed by atoms with Gasteiger partial charge in [-0.05, 0) is 49.4 Å². The maximum Gasteiger partial charge on any atom is 0.679 e. The minimum atomic E-state index is -3.20. The van der Waals surface area contributed by atoms with Gasteiger partial charge in [0.2, 0.25) is 0 Å². The summed E-state index contributed by atoms with van der Waals surface area (Å²) in [5.41, 5.74) is 0. The Labute approximate surface area is 209 Å². The fraction of sp³-hybridized carbons (Fsp3) is 1.00. The summed E-state index contributed by atoms with van der Waals surface area (Å²) < 4.78 is 26.1. The van der Waals surface area contributed by atoms with E-state index < -0.39 is 9.05 Å². The zero-order valence-electron chi connectivity index (χ0n) is 23.8. The average Bonchev–Trinajstić information content (AvgIpc) is 2.82. The molecule has 0 aromatic rings. The first-order chi connectivity index (χ1) is 15.8. The maximum atomic E-state index is 6.53. The van der Waals surface area contributed by atoms with Crippen LogP contribution in [0.15, 0.2) is 0 Å². The van der Waals surface area contributed by atoms with Crippen LogP contribution >= 0.6 is 0 Å². The van der Waals surface area contributed by atoms with Crippen molar-refractivity contribution < 1.29 is 17.7 Å². The summed E-state index contributed by atoms with van der Waals surface area (Å²) >= 11 is 0. The molecule has 0 aromatic carbocycles. The average molecular weight is 489 g/mol. The van der Waals surface area contributed by atoms with Gasteiger partial charge in [-0.2, -0.15) is 0 Å². The summed E-state index contributed by atoms with van der Waals surface area (Å²) in [6, 6.07) is 0. The summed E-state index contributed by atoms with van der Waals surface area (Å²) in [7, 11) is -3.20. The van der Waals surface area contributed by atoms with Gasteiger partial charge in [-0.3, -0.25) is 0 Å². The van der Waals surface area contributed by atoms with Crippen molar-refractivity contribution in [2.24, 2.45) is 23.7 Å². The van der Waals surface area contributed by atoms with Gasteiger partial charge in [-0.25, -0.2) is 0 Å². The van der Waals surface area contributed by atoms with Crippen LogP contribution in [0, 0.1) is 23.7 Å². The standard InChI is InChI=1S/C28H60O4Si/c1-9-13-17-25(5)21-29-33(30-22-26(6)18-14-10-2,31-23-27(7)19-15-11-3)32-24-28(8)20-16-12-4/h25-28H,9-24H2,1-8H3. The van der Waals surface area contributed by atoms with Gasteiger partial charge in [0, 0.05) is 26.4 Å². The Morgan fingerprint density at radius 1 is 0.424 bits per heavy atom. The summed E-state index contributed by atoms with van der Waals surface area (Å²) in [6.07, 6.45) is 14.5. The Morgan fingerprint density at radius 3 is 0.818 bits per heavy atom. The van der Waals surface area contributed by atoms with Crippen LogP contribution in [0.2, 0.25) is 0 Å². The molecule has 0 amide bonds. The van der Waals surface area contributed by atoms with Crippen LogP contribution in [0.3, 0.4) is 0 Å². The summed E-state index contributed by atoms with van der Waals surface area (Å²) in [4.78, 5) is 0. The SMILES string of the molecule is CCCCC(C)CO[Si](OCC(C)CCCC)(OCC(C)CCCC)OCC(C)CCCC. The number of hydrogen-bond acceptors (Lipinski definition) is 4. The molecule has 0 aliphatic rings. The number of unbranched alkanes of at least 4 members (excludes halogenated alkanes) is 4. The third-order valence-electron chi connectivity index (χ3n) is 6.38.